The summed E-state index contributed by atoms with van der Waals surface area (Å²) in [5, 5.41) is 26.9. The maximum absolute atomic E-state index is 11.7. The second-order valence-corrected chi connectivity index (χ2v) is 21.0. The van der Waals surface area contributed by atoms with Crippen LogP contribution in [0.1, 0.15) is 119 Å². The molecule has 12 aromatic rings. The first kappa shape index (κ1) is 55.9. The molecule has 80 heavy (non-hydrogen) atoms. The molecule has 4 heterocycles. The molecule has 4 aromatic heterocycles. The van der Waals surface area contributed by atoms with E-state index in [2.05, 4.69) is 116 Å². The number of ketones is 2. The Hall–Kier alpha value is -8.81. The van der Waals surface area contributed by atoms with Gasteiger partial charge in [-0.2, -0.15) is 0 Å². The Morgan fingerprint density at radius 2 is 0.625 bits per heavy atom. The first-order valence-electron chi connectivity index (χ1n) is 27.2. The van der Waals surface area contributed by atoms with Crippen molar-refractivity contribution in [3.05, 3.63) is 190 Å². The van der Waals surface area contributed by atoms with Gasteiger partial charge in [-0.15, -0.1) is 0 Å². The number of nitrogens with zero attached hydrogens (tertiary/aromatic N) is 4. The number of aromatic nitrogens is 4. The van der Waals surface area contributed by atoms with Crippen LogP contribution in [0.2, 0.25) is 0 Å². The van der Waals surface area contributed by atoms with Crippen LogP contribution < -0.4 is 5.73 Å². The number of halogens is 1. The summed E-state index contributed by atoms with van der Waals surface area (Å²) >= 11 is 3.56. The molecular formula is C67H64BrN5O7. The predicted molar refractivity (Wildman–Crippen MR) is 329 cm³/mol. The van der Waals surface area contributed by atoms with E-state index in [4.69, 9.17) is 10.8 Å². The maximum Gasteiger partial charge on any atom is 0.335 e. The van der Waals surface area contributed by atoms with Gasteiger partial charge < -0.3 is 34.2 Å². The number of benzene rings is 8. The summed E-state index contributed by atoms with van der Waals surface area (Å²) in [6, 6.07) is 50.7. The molecule has 0 fully saturated rings. The normalized spacial score (nSPS) is 11.2. The number of hydrogen-bond donors (Lipinski definition) is 3. The molecule has 12 rings (SSSR count). The fourth-order valence-corrected chi connectivity index (χ4v) is 11.4. The zero-order valence-corrected chi connectivity index (χ0v) is 47.4. The van der Waals surface area contributed by atoms with Gasteiger partial charge in [0.1, 0.15) is 0 Å². The van der Waals surface area contributed by atoms with Crippen LogP contribution in [0.4, 0.5) is 0 Å². The maximum atomic E-state index is 11.7. The summed E-state index contributed by atoms with van der Waals surface area (Å²) in [5.74, 6) is -2.23. The number of carboxylic acid groups (broad SMARTS) is 2. The highest BCUT2D eigenvalue weighted by atomic mass is 79.9. The molecule has 8 aromatic carbocycles. The van der Waals surface area contributed by atoms with Crippen molar-refractivity contribution in [2.45, 2.75) is 93.4 Å². The van der Waals surface area contributed by atoms with Gasteiger partial charge in [-0.3, -0.25) is 14.4 Å². The molecule has 0 unspecified atom stereocenters. The van der Waals surface area contributed by atoms with E-state index in [1.54, 1.807) is 37.3 Å². The molecule has 4 N–H and O–H groups in total. The van der Waals surface area contributed by atoms with Crippen LogP contribution in [-0.4, -0.2) is 57.9 Å². The molecule has 0 saturated carbocycles. The van der Waals surface area contributed by atoms with E-state index in [9.17, 15) is 29.1 Å². The zero-order chi connectivity index (χ0) is 56.9. The quantitative estimate of drug-likeness (QED) is 0.0964. The van der Waals surface area contributed by atoms with Crippen LogP contribution in [-0.2, 0) is 26.2 Å². The van der Waals surface area contributed by atoms with Crippen LogP contribution in [0.15, 0.2) is 162 Å². The van der Waals surface area contributed by atoms with Crippen molar-refractivity contribution in [2.75, 3.05) is 0 Å². The fourth-order valence-electron chi connectivity index (χ4n) is 11.0. The summed E-state index contributed by atoms with van der Waals surface area (Å²) in [4.78, 5) is 57.1. The molecule has 1 amide bonds. The number of fused-ring (bicyclic) bond motifs is 12. The number of aryl methyl sites for hydroxylation is 4. The second-order valence-electron chi connectivity index (χ2n) is 20.0. The van der Waals surface area contributed by atoms with Crippen molar-refractivity contribution in [1.82, 2.24) is 18.3 Å². The standard InChI is InChI=1S/C18H18N2O2.C18H17NO3.C16H15NO2.C15H14BrN/c1-3-8-20-16-6-4-12(11(2)21)9-14(16)15-10-13(18(19)22)5-7-17(15)20;1-3-8-19-16-6-4-12(11(2)20)9-14(16)15-10-13(18(21)22)5-7-17(15)19;1-2-9-17-14-6-4-3-5-12(14)13-10-11(16(18)19)7-8-15(13)17;1-2-9-17-14-6-4-3-5-12(14)13-10-11(16)7-8-15(13)17/h4-7,9-10H,3,8H2,1-2H3,(H2,19,22);4-7,9-10H,3,8H2,1-2H3,(H,21,22);3-8,10H,2,9H2,1H3,(H,18,19);3-8,10H,2,9H2,1H3. The number of Topliss-reactive ketones (excluding diaryl/α,β-unsaturated/α-hetero) is 2. The minimum absolute atomic E-state index is 0.00711. The number of primary amides is 1. The Morgan fingerprint density at radius 3 is 0.950 bits per heavy atom. The molecule has 12 nitrogen and oxygen atoms in total. The van der Waals surface area contributed by atoms with E-state index < -0.39 is 17.8 Å². The van der Waals surface area contributed by atoms with Crippen LogP contribution in [0.5, 0.6) is 0 Å². The van der Waals surface area contributed by atoms with Crippen LogP contribution in [0.3, 0.4) is 0 Å². The third kappa shape index (κ3) is 11.0. The highest BCUT2D eigenvalue weighted by Gasteiger charge is 2.17. The number of rotatable bonds is 13. The molecule has 0 aliphatic heterocycles. The number of amides is 1. The molecule has 0 radical (unpaired) electrons. The van der Waals surface area contributed by atoms with Crippen molar-refractivity contribution in [3.63, 3.8) is 0 Å². The lowest BCUT2D eigenvalue weighted by molar-refractivity contribution is 0.0686. The minimum Gasteiger partial charge on any atom is -0.478 e. The molecule has 0 aliphatic carbocycles. The van der Waals surface area contributed by atoms with Gasteiger partial charge in [-0.05, 0) is 161 Å². The van der Waals surface area contributed by atoms with Crippen molar-refractivity contribution in [3.8, 4) is 0 Å². The smallest absolute Gasteiger partial charge is 0.335 e. The second kappa shape index (κ2) is 24.1. The van der Waals surface area contributed by atoms with Gasteiger partial charge >= 0.3 is 11.9 Å². The van der Waals surface area contributed by atoms with Crippen molar-refractivity contribution < 1.29 is 34.2 Å². The zero-order valence-electron chi connectivity index (χ0n) is 45.8. The minimum atomic E-state index is -0.944. The molecule has 0 bridgehead atoms. The highest BCUT2D eigenvalue weighted by Crippen LogP contribution is 2.35. The highest BCUT2D eigenvalue weighted by molar-refractivity contribution is 9.10. The average molecular weight is 1130 g/mol. The first-order chi connectivity index (χ1) is 38.6. The Kier molecular flexibility index (Phi) is 16.8. The summed E-state index contributed by atoms with van der Waals surface area (Å²) < 4.78 is 10.2. The summed E-state index contributed by atoms with van der Waals surface area (Å²) in [5.41, 5.74) is 16.9. The summed E-state index contributed by atoms with van der Waals surface area (Å²) in [7, 11) is 0. The first-order valence-corrected chi connectivity index (χ1v) is 28.0. The largest absolute Gasteiger partial charge is 0.478 e. The third-order valence-corrected chi connectivity index (χ3v) is 15.1. The van der Waals surface area contributed by atoms with Gasteiger partial charge in [0.05, 0.1) is 11.1 Å². The van der Waals surface area contributed by atoms with Crippen molar-refractivity contribution in [2.24, 2.45) is 5.73 Å². The van der Waals surface area contributed by atoms with Gasteiger partial charge in [0.2, 0.25) is 5.91 Å². The molecule has 0 spiro atoms. The summed E-state index contributed by atoms with van der Waals surface area (Å²) in [6.07, 6.45) is 4.19. The Labute approximate surface area is 471 Å². The number of nitrogens with two attached hydrogens (primary N) is 1. The number of hydrogen-bond acceptors (Lipinski definition) is 5. The monoisotopic (exact) mass is 1130 g/mol. The lowest BCUT2D eigenvalue weighted by Gasteiger charge is -2.05. The Bertz CT molecular complexity index is 4090. The van der Waals surface area contributed by atoms with Gasteiger partial charge in [0, 0.05) is 135 Å². The van der Waals surface area contributed by atoms with E-state index in [0.29, 0.717) is 22.3 Å². The van der Waals surface area contributed by atoms with Crippen LogP contribution in [0.25, 0.3) is 87.2 Å². The molecule has 0 aliphatic rings. The third-order valence-electron chi connectivity index (χ3n) is 14.6. The number of para-hydroxylation sites is 2. The number of aromatic carboxylic acids is 2. The van der Waals surface area contributed by atoms with E-state index in [-0.39, 0.29) is 17.1 Å². The number of carbonyl (C=O) groups excluding carboxylic acids is 3. The van der Waals surface area contributed by atoms with E-state index in [1.165, 1.54) is 34.2 Å². The lowest BCUT2D eigenvalue weighted by atomic mass is 10.1. The topological polar surface area (TPSA) is 172 Å². The number of carboxylic acids is 2. The van der Waals surface area contributed by atoms with E-state index >= 15 is 0 Å². The van der Waals surface area contributed by atoms with Gasteiger partial charge in [-0.1, -0.05) is 80.0 Å². The van der Waals surface area contributed by atoms with Crippen LogP contribution >= 0.6 is 15.9 Å². The molecule has 0 atom stereocenters. The van der Waals surface area contributed by atoms with E-state index in [0.717, 1.165) is 116 Å². The number of carbonyl (C=O) groups is 5. The molecular weight excluding hydrogens is 1070 g/mol. The summed E-state index contributed by atoms with van der Waals surface area (Å²) in [6.45, 7) is 15.4. The SMILES string of the molecule is CCCn1c2ccc(C(C)=O)cc2c2cc(C(=O)O)ccc21.CCCn1c2ccc(C(C)=O)cc2c2cc(C(N)=O)ccc21.CCCn1c2ccccc2c2cc(Br)ccc21.CCCn1c2ccccc2c2cc(C(=O)O)ccc21. The van der Waals surface area contributed by atoms with Crippen LogP contribution in [0, 0.1) is 0 Å². The predicted octanol–water partition coefficient (Wildman–Crippen LogP) is 16.5. The van der Waals surface area contributed by atoms with E-state index in [1.807, 2.05) is 72.8 Å². The molecule has 0 saturated heterocycles. The molecule has 13 heteroatoms. The van der Waals surface area contributed by atoms with Gasteiger partial charge in [0.25, 0.3) is 0 Å². The Morgan fingerprint density at radius 1 is 0.362 bits per heavy atom. The molecule has 406 valence electrons. The van der Waals surface area contributed by atoms with Gasteiger partial charge in [-0.25, -0.2) is 9.59 Å². The van der Waals surface area contributed by atoms with Gasteiger partial charge in [0.15, 0.2) is 11.6 Å². The average Bonchev–Trinajstić information content (AvgIpc) is 4.16. The fraction of sp³-hybridized carbons (Fsp3) is 0.209. The Balaban J connectivity index is 0.000000130. The lowest BCUT2D eigenvalue weighted by Crippen LogP contribution is -2.10. The van der Waals surface area contributed by atoms with Crippen molar-refractivity contribution in [1.29, 1.82) is 0 Å². The van der Waals surface area contributed by atoms with Crippen molar-refractivity contribution >= 4 is 133 Å².